The van der Waals surface area contributed by atoms with Crippen LogP contribution in [0, 0.1) is 12.8 Å². The maximum atomic E-state index is 14.1. The summed E-state index contributed by atoms with van der Waals surface area (Å²) >= 11 is 0. The van der Waals surface area contributed by atoms with E-state index in [1.54, 1.807) is 19.1 Å². The van der Waals surface area contributed by atoms with Crippen LogP contribution in [-0.4, -0.2) is 50.2 Å². The SMILES string of the molecule is COc1cc([C@H]2NC(=O)N[C@](O)(C(F)(F)F)[C@@H]2C(=O)c2ccc(C)cc2)cc(OC)c1OC. The molecule has 1 fully saturated rings. The molecule has 3 atom stereocenters. The molecule has 0 bridgehead atoms. The second-order valence-corrected chi connectivity index (χ2v) is 7.51. The van der Waals surface area contributed by atoms with Gasteiger partial charge in [-0.2, -0.15) is 13.2 Å². The largest absolute Gasteiger partial charge is 0.493 e. The maximum absolute atomic E-state index is 14.1. The molecule has 33 heavy (non-hydrogen) atoms. The van der Waals surface area contributed by atoms with Gasteiger partial charge >= 0.3 is 12.2 Å². The van der Waals surface area contributed by atoms with E-state index < -0.39 is 35.7 Å². The Morgan fingerprint density at radius 3 is 2.03 bits per heavy atom. The van der Waals surface area contributed by atoms with Crippen LogP contribution >= 0.6 is 0 Å². The summed E-state index contributed by atoms with van der Waals surface area (Å²) in [5, 5.41) is 14.5. The number of alkyl halides is 3. The number of nitrogens with one attached hydrogen (secondary N) is 2. The van der Waals surface area contributed by atoms with Crippen LogP contribution in [0.2, 0.25) is 0 Å². The number of hydrogen-bond acceptors (Lipinski definition) is 6. The van der Waals surface area contributed by atoms with Gasteiger partial charge in [-0.05, 0) is 24.6 Å². The number of halogens is 3. The van der Waals surface area contributed by atoms with Gasteiger partial charge in [-0.15, -0.1) is 0 Å². The molecule has 3 rings (SSSR count). The molecule has 11 heteroatoms. The normalized spacial score (nSPS) is 22.7. The molecule has 8 nitrogen and oxygen atoms in total. The third-order valence-corrected chi connectivity index (χ3v) is 5.47. The minimum atomic E-state index is -5.37. The molecule has 3 N–H and O–H groups in total. The topological polar surface area (TPSA) is 106 Å². The highest BCUT2D eigenvalue weighted by Gasteiger charge is 2.66. The number of methoxy groups -OCH3 is 3. The van der Waals surface area contributed by atoms with Crippen LogP contribution in [0.15, 0.2) is 36.4 Å². The van der Waals surface area contributed by atoms with E-state index in [-0.39, 0.29) is 28.4 Å². The van der Waals surface area contributed by atoms with Crippen molar-refractivity contribution in [2.24, 2.45) is 5.92 Å². The Balaban J connectivity index is 2.24. The number of hydrogen-bond donors (Lipinski definition) is 3. The lowest BCUT2D eigenvalue weighted by molar-refractivity contribution is -0.287. The zero-order chi connectivity index (χ0) is 24.6. The van der Waals surface area contributed by atoms with Gasteiger partial charge in [0.25, 0.3) is 0 Å². The maximum Gasteiger partial charge on any atom is 0.437 e. The van der Waals surface area contributed by atoms with Crippen LogP contribution in [0.4, 0.5) is 18.0 Å². The van der Waals surface area contributed by atoms with E-state index in [1.807, 2.05) is 0 Å². The van der Waals surface area contributed by atoms with Gasteiger partial charge in [0.15, 0.2) is 17.3 Å². The Morgan fingerprint density at radius 1 is 1.03 bits per heavy atom. The molecule has 1 aliphatic rings. The highest BCUT2D eigenvalue weighted by atomic mass is 19.4. The molecule has 178 valence electrons. The van der Waals surface area contributed by atoms with E-state index in [0.717, 1.165) is 5.56 Å². The summed E-state index contributed by atoms with van der Waals surface area (Å²) in [6.45, 7) is 1.75. The van der Waals surface area contributed by atoms with E-state index in [2.05, 4.69) is 5.32 Å². The molecule has 0 unspecified atom stereocenters. The van der Waals surface area contributed by atoms with Gasteiger partial charge in [-0.1, -0.05) is 29.8 Å². The quantitative estimate of drug-likeness (QED) is 0.563. The standard InChI is InChI=1S/C22H23F3N2O6/c1-11-5-7-12(8-6-11)18(28)16-17(26-20(29)27-21(16,30)22(23,24)25)13-9-14(31-2)19(33-4)15(10-13)32-3/h5-10,16-17,30H,1-4H3,(H2,26,27,29)/t16-,17+,21+/m0/s1. The lowest BCUT2D eigenvalue weighted by Gasteiger charge is -2.45. The first-order valence-corrected chi connectivity index (χ1v) is 9.75. The molecule has 2 aromatic carbocycles. The first-order valence-electron chi connectivity index (χ1n) is 9.75. The van der Waals surface area contributed by atoms with Crippen molar-refractivity contribution in [2.75, 3.05) is 21.3 Å². The molecule has 0 spiro atoms. The van der Waals surface area contributed by atoms with E-state index >= 15 is 0 Å². The van der Waals surface area contributed by atoms with Crippen LogP contribution in [-0.2, 0) is 0 Å². The van der Waals surface area contributed by atoms with Crippen molar-refractivity contribution in [2.45, 2.75) is 24.9 Å². The smallest absolute Gasteiger partial charge is 0.437 e. The van der Waals surface area contributed by atoms with Crippen molar-refractivity contribution in [1.82, 2.24) is 10.6 Å². The lowest BCUT2D eigenvalue weighted by atomic mass is 9.77. The fourth-order valence-electron chi connectivity index (χ4n) is 3.80. The van der Waals surface area contributed by atoms with Crippen LogP contribution < -0.4 is 24.8 Å². The fraction of sp³-hybridized carbons (Fsp3) is 0.364. The van der Waals surface area contributed by atoms with Gasteiger partial charge < -0.3 is 30.0 Å². The van der Waals surface area contributed by atoms with Gasteiger partial charge in [0, 0.05) is 5.56 Å². The number of amides is 2. The zero-order valence-electron chi connectivity index (χ0n) is 18.2. The van der Waals surface area contributed by atoms with Gasteiger partial charge in [0.2, 0.25) is 11.5 Å². The summed E-state index contributed by atoms with van der Waals surface area (Å²) < 4.78 is 57.9. The van der Waals surface area contributed by atoms with Crippen molar-refractivity contribution in [1.29, 1.82) is 0 Å². The number of aliphatic hydroxyl groups is 1. The number of ketones is 1. The summed E-state index contributed by atoms with van der Waals surface area (Å²) in [7, 11) is 3.96. The molecular formula is C22H23F3N2O6. The Hall–Kier alpha value is -3.47. The molecule has 0 saturated carbocycles. The zero-order valence-corrected chi connectivity index (χ0v) is 18.2. The van der Waals surface area contributed by atoms with Crippen LogP contribution in [0.25, 0.3) is 0 Å². The van der Waals surface area contributed by atoms with E-state index in [0.29, 0.717) is 0 Å². The minimum absolute atomic E-state index is 0.0347. The van der Waals surface area contributed by atoms with Crippen molar-refractivity contribution < 1.29 is 42.1 Å². The lowest BCUT2D eigenvalue weighted by Crippen LogP contribution is -2.72. The van der Waals surface area contributed by atoms with Crippen molar-refractivity contribution >= 4 is 11.8 Å². The average molecular weight is 468 g/mol. The third kappa shape index (κ3) is 4.28. The second kappa shape index (κ2) is 8.81. The van der Waals surface area contributed by atoms with Gasteiger partial charge in [0.1, 0.15) is 5.92 Å². The molecule has 0 radical (unpaired) electrons. The Kier molecular flexibility index (Phi) is 6.46. The average Bonchev–Trinajstić information content (AvgIpc) is 2.76. The van der Waals surface area contributed by atoms with E-state index in [1.165, 1.54) is 50.9 Å². The monoisotopic (exact) mass is 468 g/mol. The number of Topliss-reactive ketones (excluding diaryl/α,β-unsaturated/α-hetero) is 1. The summed E-state index contributed by atoms with van der Waals surface area (Å²) in [5.41, 5.74) is -3.09. The minimum Gasteiger partial charge on any atom is -0.493 e. The summed E-state index contributed by atoms with van der Waals surface area (Å²) in [5.74, 6) is -2.85. The molecule has 2 amide bonds. The van der Waals surface area contributed by atoms with Gasteiger partial charge in [0.05, 0.1) is 27.4 Å². The Morgan fingerprint density at radius 2 is 1.58 bits per heavy atom. The Bertz CT molecular complexity index is 1030. The molecule has 1 saturated heterocycles. The fourth-order valence-corrected chi connectivity index (χ4v) is 3.80. The molecule has 0 aliphatic carbocycles. The number of carbonyl (C=O) groups excluding carboxylic acids is 2. The van der Waals surface area contributed by atoms with Crippen molar-refractivity contribution in [3.8, 4) is 17.2 Å². The first-order chi connectivity index (χ1) is 15.5. The summed E-state index contributed by atoms with van der Waals surface area (Å²) in [6.07, 6.45) is -5.37. The van der Waals surface area contributed by atoms with Crippen molar-refractivity contribution in [3.63, 3.8) is 0 Å². The van der Waals surface area contributed by atoms with E-state index in [9.17, 15) is 27.9 Å². The van der Waals surface area contributed by atoms with Crippen molar-refractivity contribution in [3.05, 3.63) is 53.1 Å². The number of carbonyl (C=O) groups is 2. The van der Waals surface area contributed by atoms with E-state index in [4.69, 9.17) is 14.2 Å². The number of aryl methyl sites for hydroxylation is 1. The first kappa shape index (κ1) is 24.2. The molecule has 1 heterocycles. The number of benzene rings is 2. The molecule has 2 aromatic rings. The van der Waals surface area contributed by atoms with Crippen LogP contribution in [0.5, 0.6) is 17.2 Å². The second-order valence-electron chi connectivity index (χ2n) is 7.51. The third-order valence-electron chi connectivity index (χ3n) is 5.47. The Labute approximate surface area is 187 Å². The summed E-state index contributed by atoms with van der Waals surface area (Å²) in [4.78, 5) is 25.6. The number of ether oxygens (including phenoxy) is 3. The van der Waals surface area contributed by atoms with Gasteiger partial charge in [-0.25, -0.2) is 4.79 Å². The molecular weight excluding hydrogens is 445 g/mol. The predicted octanol–water partition coefficient (Wildman–Crippen LogP) is 3.12. The summed E-state index contributed by atoms with van der Waals surface area (Å²) in [6, 6.07) is 5.56. The predicted molar refractivity (Wildman–Crippen MR) is 111 cm³/mol. The molecule has 1 aliphatic heterocycles. The highest BCUT2D eigenvalue weighted by Crippen LogP contribution is 2.47. The van der Waals surface area contributed by atoms with Crippen LogP contribution in [0.3, 0.4) is 0 Å². The molecule has 0 aromatic heterocycles. The number of urea groups is 1. The van der Waals surface area contributed by atoms with Gasteiger partial charge in [-0.3, -0.25) is 4.79 Å². The van der Waals surface area contributed by atoms with Crippen LogP contribution in [0.1, 0.15) is 27.5 Å². The number of rotatable bonds is 6. The highest BCUT2D eigenvalue weighted by molar-refractivity contribution is 6.00.